The molecule has 0 aliphatic carbocycles. The zero-order valence-corrected chi connectivity index (χ0v) is 12.4. The van der Waals surface area contributed by atoms with Gasteiger partial charge in [-0.3, -0.25) is 14.6 Å². The van der Waals surface area contributed by atoms with E-state index in [9.17, 15) is 4.79 Å². The fraction of sp³-hybridized carbons (Fsp3) is 0.692. The first-order valence-electron chi connectivity index (χ1n) is 6.80. The Balaban J connectivity index is 1.95. The number of piperidine rings is 1. The van der Waals surface area contributed by atoms with Gasteiger partial charge in [0.2, 0.25) is 5.91 Å². The lowest BCUT2D eigenvalue weighted by molar-refractivity contribution is -0.116. The quantitative estimate of drug-likeness (QED) is 0.907. The molecule has 5 nitrogen and oxygen atoms in total. The molecule has 1 fully saturated rings. The molecule has 1 aromatic heterocycles. The molecule has 19 heavy (non-hydrogen) atoms. The van der Waals surface area contributed by atoms with Crippen LogP contribution >= 0.6 is 11.3 Å². The monoisotopic (exact) mass is 282 g/mol. The number of rotatable bonds is 4. The summed E-state index contributed by atoms with van der Waals surface area (Å²) in [6, 6.07) is 0.357. The maximum absolute atomic E-state index is 11.5. The summed E-state index contributed by atoms with van der Waals surface area (Å²) in [5.74, 6) is 0.0485. The summed E-state index contributed by atoms with van der Waals surface area (Å²) in [5.41, 5.74) is 6.95. The normalized spacial score (nSPS) is 17.6. The predicted octanol–water partition coefficient (Wildman–Crippen LogP) is 1.44. The van der Waals surface area contributed by atoms with Crippen LogP contribution in [-0.2, 0) is 11.3 Å². The molecule has 0 bridgehead atoms. The highest BCUT2D eigenvalue weighted by atomic mass is 32.1. The van der Waals surface area contributed by atoms with Gasteiger partial charge in [0, 0.05) is 44.5 Å². The molecule has 0 atom stereocenters. The van der Waals surface area contributed by atoms with Crippen LogP contribution in [0.15, 0.2) is 5.38 Å². The Morgan fingerprint density at radius 3 is 2.84 bits per heavy atom. The maximum Gasteiger partial charge on any atom is 0.225 e. The van der Waals surface area contributed by atoms with E-state index in [1.54, 1.807) is 23.2 Å². The summed E-state index contributed by atoms with van der Waals surface area (Å²) in [6.07, 6.45) is 2.12. The van der Waals surface area contributed by atoms with Crippen LogP contribution < -0.4 is 10.6 Å². The molecule has 2 heterocycles. The second-order valence-corrected chi connectivity index (χ2v) is 5.83. The molecule has 2 rings (SSSR count). The summed E-state index contributed by atoms with van der Waals surface area (Å²) in [4.78, 5) is 20.1. The summed E-state index contributed by atoms with van der Waals surface area (Å²) in [5, 5.41) is 2.86. The van der Waals surface area contributed by atoms with Gasteiger partial charge in [0.25, 0.3) is 0 Å². The van der Waals surface area contributed by atoms with E-state index >= 15 is 0 Å². The summed E-state index contributed by atoms with van der Waals surface area (Å²) in [6.45, 7) is 7.15. The van der Waals surface area contributed by atoms with E-state index in [2.05, 4.69) is 15.3 Å². The van der Waals surface area contributed by atoms with Crippen molar-refractivity contribution in [2.45, 2.75) is 39.3 Å². The van der Waals surface area contributed by atoms with Gasteiger partial charge in [-0.05, 0) is 19.8 Å². The van der Waals surface area contributed by atoms with Crippen molar-refractivity contribution in [3.63, 3.8) is 0 Å². The molecule has 1 saturated heterocycles. The van der Waals surface area contributed by atoms with Gasteiger partial charge in [-0.1, -0.05) is 0 Å². The highest BCUT2D eigenvalue weighted by Crippen LogP contribution is 2.22. The van der Waals surface area contributed by atoms with Crippen LogP contribution in [0.5, 0.6) is 0 Å². The number of nitrogens with two attached hydrogens (primary N) is 1. The van der Waals surface area contributed by atoms with Gasteiger partial charge in [-0.15, -0.1) is 11.3 Å². The first-order valence-corrected chi connectivity index (χ1v) is 7.68. The van der Waals surface area contributed by atoms with Crippen LogP contribution in [0.4, 0.5) is 5.13 Å². The molecule has 0 saturated carbocycles. The first kappa shape index (κ1) is 14.4. The van der Waals surface area contributed by atoms with Gasteiger partial charge in [-0.25, -0.2) is 4.98 Å². The lowest BCUT2D eigenvalue weighted by Gasteiger charge is -2.29. The molecule has 1 amide bonds. The minimum absolute atomic E-state index is 0.0485. The minimum atomic E-state index is 0.0485. The number of likely N-dealkylation sites (tertiary alicyclic amines) is 1. The second kappa shape index (κ2) is 6.45. The Bertz CT molecular complexity index is 426. The number of aromatic nitrogens is 1. The van der Waals surface area contributed by atoms with E-state index < -0.39 is 0 Å². The number of hydrogen-bond donors (Lipinski definition) is 1. The first-order chi connectivity index (χ1) is 9.10. The zero-order valence-electron chi connectivity index (χ0n) is 11.6. The molecule has 106 valence electrons. The van der Waals surface area contributed by atoms with Gasteiger partial charge in [-0.2, -0.15) is 0 Å². The van der Waals surface area contributed by atoms with E-state index in [1.165, 1.54) is 0 Å². The van der Waals surface area contributed by atoms with Gasteiger partial charge in [0.1, 0.15) is 0 Å². The number of carbonyl (C=O) groups is 1. The van der Waals surface area contributed by atoms with Crippen molar-refractivity contribution in [2.24, 2.45) is 5.73 Å². The third-order valence-electron chi connectivity index (χ3n) is 3.48. The van der Waals surface area contributed by atoms with Crippen LogP contribution in [-0.4, -0.2) is 41.5 Å². The van der Waals surface area contributed by atoms with Gasteiger partial charge < -0.3 is 5.73 Å². The molecule has 0 aromatic carbocycles. The average Bonchev–Trinajstić information content (AvgIpc) is 2.81. The lowest BCUT2D eigenvalue weighted by Crippen LogP contribution is -2.39. The number of hydrogen-bond acceptors (Lipinski definition) is 5. The van der Waals surface area contributed by atoms with Crippen LogP contribution in [0, 0.1) is 0 Å². The van der Waals surface area contributed by atoms with Gasteiger partial charge in [0.05, 0.1) is 5.69 Å². The molecule has 1 aliphatic rings. The van der Waals surface area contributed by atoms with Crippen LogP contribution in [0.2, 0.25) is 0 Å². The minimum Gasteiger partial charge on any atom is -0.328 e. The number of nitrogens with zero attached hydrogens (tertiary/aromatic N) is 3. The van der Waals surface area contributed by atoms with Crippen molar-refractivity contribution in [3.05, 3.63) is 11.1 Å². The van der Waals surface area contributed by atoms with E-state index in [1.807, 2.05) is 6.92 Å². The largest absolute Gasteiger partial charge is 0.328 e. The summed E-state index contributed by atoms with van der Waals surface area (Å²) >= 11 is 1.54. The Morgan fingerprint density at radius 2 is 2.26 bits per heavy atom. The molecule has 0 radical (unpaired) electrons. The number of thiazole rings is 1. The highest BCUT2D eigenvalue weighted by Gasteiger charge is 2.18. The van der Waals surface area contributed by atoms with Crippen molar-refractivity contribution in [3.8, 4) is 0 Å². The van der Waals surface area contributed by atoms with Gasteiger partial charge >= 0.3 is 0 Å². The SMILES string of the molecule is CCN(C(C)=O)c1nc(CN2CCC(N)CC2)cs1. The molecule has 6 heteroatoms. The number of amides is 1. The van der Waals surface area contributed by atoms with Crippen molar-refractivity contribution < 1.29 is 4.79 Å². The van der Waals surface area contributed by atoms with E-state index in [0.29, 0.717) is 12.6 Å². The Morgan fingerprint density at radius 1 is 1.58 bits per heavy atom. The zero-order chi connectivity index (χ0) is 13.8. The van der Waals surface area contributed by atoms with Crippen LogP contribution in [0.25, 0.3) is 0 Å². The fourth-order valence-corrected chi connectivity index (χ4v) is 3.25. The molecular formula is C13H22N4OS. The fourth-order valence-electron chi connectivity index (χ4n) is 2.33. The predicted molar refractivity (Wildman–Crippen MR) is 78.3 cm³/mol. The van der Waals surface area contributed by atoms with Crippen molar-refractivity contribution >= 4 is 22.4 Å². The third kappa shape index (κ3) is 3.75. The van der Waals surface area contributed by atoms with E-state index in [0.717, 1.165) is 43.3 Å². The smallest absolute Gasteiger partial charge is 0.225 e. The standard InChI is InChI=1S/C13H22N4OS/c1-3-17(10(2)18)13-15-12(9-19-13)8-16-6-4-11(14)5-7-16/h9,11H,3-8,14H2,1-2H3. The Hall–Kier alpha value is -0.980. The molecular weight excluding hydrogens is 260 g/mol. The van der Waals surface area contributed by atoms with E-state index in [4.69, 9.17) is 5.73 Å². The molecule has 1 aliphatic heterocycles. The summed E-state index contributed by atoms with van der Waals surface area (Å²) in [7, 11) is 0. The lowest BCUT2D eigenvalue weighted by atomic mass is 10.1. The van der Waals surface area contributed by atoms with Crippen LogP contribution in [0.1, 0.15) is 32.4 Å². The van der Waals surface area contributed by atoms with Crippen LogP contribution in [0.3, 0.4) is 0 Å². The summed E-state index contributed by atoms with van der Waals surface area (Å²) < 4.78 is 0. The maximum atomic E-state index is 11.5. The highest BCUT2D eigenvalue weighted by molar-refractivity contribution is 7.14. The van der Waals surface area contributed by atoms with Crippen molar-refractivity contribution in [1.29, 1.82) is 0 Å². The van der Waals surface area contributed by atoms with Crippen molar-refractivity contribution in [2.75, 3.05) is 24.5 Å². The Labute approximate surface area is 118 Å². The number of anilines is 1. The number of carbonyl (C=O) groups excluding carboxylic acids is 1. The third-order valence-corrected chi connectivity index (χ3v) is 4.40. The molecule has 0 spiro atoms. The molecule has 0 unspecified atom stereocenters. The molecule has 2 N–H and O–H groups in total. The topological polar surface area (TPSA) is 62.5 Å². The van der Waals surface area contributed by atoms with E-state index in [-0.39, 0.29) is 5.91 Å². The molecule has 1 aromatic rings. The Kier molecular flexibility index (Phi) is 4.90. The average molecular weight is 282 g/mol. The van der Waals surface area contributed by atoms with Gasteiger partial charge in [0.15, 0.2) is 5.13 Å². The second-order valence-electron chi connectivity index (χ2n) is 5.00. The van der Waals surface area contributed by atoms with Crippen molar-refractivity contribution in [1.82, 2.24) is 9.88 Å².